The molecule has 2 rings (SSSR count). The number of aliphatic hydroxyl groups is 1. The van der Waals surface area contributed by atoms with E-state index in [1.807, 2.05) is 11.8 Å². The molecular weight excluding hydrogens is 294 g/mol. The van der Waals surface area contributed by atoms with Gasteiger partial charge in [-0.2, -0.15) is 0 Å². The summed E-state index contributed by atoms with van der Waals surface area (Å²) < 4.78 is 5.30. The van der Waals surface area contributed by atoms with Gasteiger partial charge in [-0.05, 0) is 19.3 Å². The molecule has 3 atom stereocenters. The largest absolute Gasteiger partial charge is 0.389 e. The van der Waals surface area contributed by atoms with E-state index in [1.54, 1.807) is 6.92 Å². The van der Waals surface area contributed by atoms with Crippen LogP contribution in [0.4, 0.5) is 0 Å². The molecule has 23 heavy (non-hydrogen) atoms. The van der Waals surface area contributed by atoms with Crippen molar-refractivity contribution in [1.82, 2.24) is 14.7 Å². The van der Waals surface area contributed by atoms with Gasteiger partial charge in [-0.1, -0.05) is 6.92 Å². The van der Waals surface area contributed by atoms with Crippen molar-refractivity contribution in [2.45, 2.75) is 39.3 Å². The third-order valence-corrected chi connectivity index (χ3v) is 5.08. The predicted molar refractivity (Wildman–Crippen MR) is 90.3 cm³/mol. The number of β-amino-alcohol motifs (C(OH)–C–C–N with tert-alkyl or cyclic N) is 1. The van der Waals surface area contributed by atoms with Crippen LogP contribution >= 0.6 is 0 Å². The van der Waals surface area contributed by atoms with Crippen LogP contribution in [0.5, 0.6) is 0 Å². The number of nitrogens with zero attached hydrogens (tertiary/aromatic N) is 3. The van der Waals surface area contributed by atoms with Crippen LogP contribution in [0.1, 0.15) is 27.2 Å². The molecule has 6 nitrogen and oxygen atoms in total. The highest BCUT2D eigenvalue weighted by Gasteiger charge is 2.35. The number of ether oxygens (including phenoxy) is 1. The van der Waals surface area contributed by atoms with E-state index < -0.39 is 6.10 Å². The molecule has 0 unspecified atom stereocenters. The Bertz CT molecular complexity index is 380. The highest BCUT2D eigenvalue weighted by molar-refractivity contribution is 5.73. The minimum atomic E-state index is -0.404. The highest BCUT2D eigenvalue weighted by atomic mass is 16.5. The quantitative estimate of drug-likeness (QED) is 0.758. The molecule has 0 aliphatic carbocycles. The first-order chi connectivity index (χ1) is 11.0. The predicted octanol–water partition coefficient (Wildman–Crippen LogP) is 0.258. The van der Waals surface area contributed by atoms with Crippen molar-refractivity contribution in [2.75, 3.05) is 59.0 Å². The number of carbonyl (C=O) groups is 1. The zero-order valence-electron chi connectivity index (χ0n) is 14.9. The summed E-state index contributed by atoms with van der Waals surface area (Å²) in [5.74, 6) is 0.783. The van der Waals surface area contributed by atoms with E-state index in [2.05, 4.69) is 16.7 Å². The third kappa shape index (κ3) is 5.41. The maximum absolute atomic E-state index is 11.6. The lowest BCUT2D eigenvalue weighted by molar-refractivity contribution is -0.128. The summed E-state index contributed by atoms with van der Waals surface area (Å²) in [7, 11) is 0. The SMILES string of the molecule is CCOC[C@H](O)CN1C[C@@H](C)[C@@H](N2CCCN(C(C)=O)CC2)C1. The Morgan fingerprint density at radius 1 is 1.26 bits per heavy atom. The lowest BCUT2D eigenvalue weighted by Crippen LogP contribution is -2.43. The molecule has 1 N–H and O–H groups in total. The molecule has 2 saturated heterocycles. The van der Waals surface area contributed by atoms with Gasteiger partial charge in [0.1, 0.15) is 0 Å². The van der Waals surface area contributed by atoms with E-state index in [4.69, 9.17) is 4.74 Å². The molecule has 134 valence electrons. The first kappa shape index (κ1) is 18.6. The van der Waals surface area contributed by atoms with Crippen LogP contribution < -0.4 is 0 Å². The lowest BCUT2D eigenvalue weighted by Gasteiger charge is -2.30. The number of hydrogen-bond acceptors (Lipinski definition) is 5. The smallest absolute Gasteiger partial charge is 0.219 e. The van der Waals surface area contributed by atoms with Gasteiger partial charge in [0.15, 0.2) is 0 Å². The molecule has 2 heterocycles. The highest BCUT2D eigenvalue weighted by Crippen LogP contribution is 2.23. The van der Waals surface area contributed by atoms with Crippen LogP contribution in [0.3, 0.4) is 0 Å². The Morgan fingerprint density at radius 2 is 2.04 bits per heavy atom. The van der Waals surface area contributed by atoms with E-state index in [-0.39, 0.29) is 5.91 Å². The van der Waals surface area contributed by atoms with Crippen LogP contribution in [-0.2, 0) is 9.53 Å². The number of carbonyl (C=O) groups excluding carboxylic acids is 1. The molecule has 0 bridgehead atoms. The summed E-state index contributed by atoms with van der Waals surface area (Å²) in [6, 6.07) is 0.529. The molecule has 6 heteroatoms. The van der Waals surface area contributed by atoms with Gasteiger partial charge in [-0.3, -0.25) is 14.6 Å². The summed E-state index contributed by atoms with van der Waals surface area (Å²) in [5.41, 5.74) is 0. The molecule has 0 saturated carbocycles. The van der Waals surface area contributed by atoms with E-state index in [0.717, 1.165) is 45.7 Å². The molecule has 0 aromatic carbocycles. The Kier molecular flexibility index (Phi) is 7.27. The standard InChI is InChI=1S/C17H33N3O3/c1-4-23-13-16(22)11-18-10-14(2)17(12-18)20-7-5-6-19(8-9-20)15(3)21/h14,16-17,22H,4-13H2,1-3H3/t14-,16-,17+/m1/s1. The van der Waals surface area contributed by atoms with Crippen molar-refractivity contribution in [3.63, 3.8) is 0 Å². The fourth-order valence-electron chi connectivity index (χ4n) is 3.86. The molecule has 2 fully saturated rings. The van der Waals surface area contributed by atoms with Crippen LogP contribution in [0, 0.1) is 5.92 Å². The van der Waals surface area contributed by atoms with Gasteiger partial charge in [-0.25, -0.2) is 0 Å². The van der Waals surface area contributed by atoms with Crippen molar-refractivity contribution in [2.24, 2.45) is 5.92 Å². The van der Waals surface area contributed by atoms with E-state index in [1.165, 1.54) is 0 Å². The Balaban J connectivity index is 1.82. The average molecular weight is 327 g/mol. The fourth-order valence-corrected chi connectivity index (χ4v) is 3.86. The molecule has 1 amide bonds. The van der Waals surface area contributed by atoms with E-state index >= 15 is 0 Å². The van der Waals surface area contributed by atoms with Gasteiger partial charge in [-0.15, -0.1) is 0 Å². The van der Waals surface area contributed by atoms with Crippen LogP contribution in [0.25, 0.3) is 0 Å². The van der Waals surface area contributed by atoms with Gasteiger partial charge in [0.25, 0.3) is 0 Å². The average Bonchev–Trinajstić information content (AvgIpc) is 2.73. The van der Waals surface area contributed by atoms with Crippen LogP contribution in [0.15, 0.2) is 0 Å². The number of amides is 1. The summed E-state index contributed by atoms with van der Waals surface area (Å²) in [4.78, 5) is 18.4. The van der Waals surface area contributed by atoms with Crippen molar-refractivity contribution in [1.29, 1.82) is 0 Å². The van der Waals surface area contributed by atoms with E-state index in [9.17, 15) is 9.90 Å². The second kappa shape index (κ2) is 8.97. The Hall–Kier alpha value is -0.690. The van der Waals surface area contributed by atoms with Gasteiger partial charge < -0.3 is 14.7 Å². The molecule has 0 aromatic heterocycles. The minimum absolute atomic E-state index is 0.187. The van der Waals surface area contributed by atoms with Crippen molar-refractivity contribution >= 4 is 5.91 Å². The van der Waals surface area contributed by atoms with Gasteiger partial charge >= 0.3 is 0 Å². The monoisotopic (exact) mass is 327 g/mol. The molecule has 2 aliphatic rings. The van der Waals surface area contributed by atoms with Gasteiger partial charge in [0.2, 0.25) is 5.91 Å². The van der Waals surface area contributed by atoms with Crippen molar-refractivity contribution in [3.05, 3.63) is 0 Å². The topological polar surface area (TPSA) is 56.3 Å². The summed E-state index contributed by atoms with van der Waals surface area (Å²) in [6.07, 6.45) is 0.647. The molecule has 0 spiro atoms. The number of rotatable bonds is 6. The number of aliphatic hydroxyl groups excluding tert-OH is 1. The van der Waals surface area contributed by atoms with Crippen LogP contribution in [-0.4, -0.2) is 96.9 Å². The summed E-state index contributed by atoms with van der Waals surface area (Å²) in [5, 5.41) is 10.0. The maximum atomic E-state index is 11.6. The number of likely N-dealkylation sites (tertiary alicyclic amines) is 1. The number of hydrogen-bond donors (Lipinski definition) is 1. The molecule has 0 radical (unpaired) electrons. The molecular formula is C17H33N3O3. The normalized spacial score (nSPS) is 28.8. The summed E-state index contributed by atoms with van der Waals surface area (Å²) in [6.45, 7) is 13.4. The first-order valence-electron chi connectivity index (χ1n) is 8.99. The molecule has 0 aromatic rings. The second-order valence-electron chi connectivity index (χ2n) is 6.97. The second-order valence-corrected chi connectivity index (χ2v) is 6.97. The zero-order chi connectivity index (χ0) is 16.8. The first-order valence-corrected chi connectivity index (χ1v) is 8.99. The Labute approximate surface area is 140 Å². The Morgan fingerprint density at radius 3 is 2.74 bits per heavy atom. The lowest BCUT2D eigenvalue weighted by atomic mass is 10.0. The van der Waals surface area contributed by atoms with Gasteiger partial charge in [0.05, 0.1) is 12.7 Å². The van der Waals surface area contributed by atoms with E-state index in [0.29, 0.717) is 31.7 Å². The van der Waals surface area contributed by atoms with Crippen LogP contribution in [0.2, 0.25) is 0 Å². The van der Waals surface area contributed by atoms with Crippen molar-refractivity contribution < 1.29 is 14.6 Å². The maximum Gasteiger partial charge on any atom is 0.219 e. The summed E-state index contributed by atoms with van der Waals surface area (Å²) >= 11 is 0. The molecule has 2 aliphatic heterocycles. The van der Waals surface area contributed by atoms with Gasteiger partial charge in [0, 0.05) is 65.4 Å². The zero-order valence-corrected chi connectivity index (χ0v) is 14.9. The van der Waals surface area contributed by atoms with Crippen molar-refractivity contribution in [3.8, 4) is 0 Å². The third-order valence-electron chi connectivity index (χ3n) is 5.08. The minimum Gasteiger partial charge on any atom is -0.389 e. The fraction of sp³-hybridized carbons (Fsp3) is 0.941.